The van der Waals surface area contributed by atoms with Crippen LogP contribution in [0.4, 0.5) is 5.69 Å². The van der Waals surface area contributed by atoms with Crippen molar-refractivity contribution in [1.29, 1.82) is 0 Å². The van der Waals surface area contributed by atoms with Gasteiger partial charge in [0.15, 0.2) is 18.0 Å². The Bertz CT molecular complexity index is 756. The highest BCUT2D eigenvalue weighted by molar-refractivity contribution is 5.91. The zero-order valence-corrected chi connectivity index (χ0v) is 13.7. The van der Waals surface area contributed by atoms with Crippen LogP contribution in [-0.2, 0) is 11.8 Å². The maximum absolute atomic E-state index is 12.5. The number of ether oxygens (including phenoxy) is 2. The Hall–Kier alpha value is -2.47. The lowest BCUT2D eigenvalue weighted by Gasteiger charge is -2.21. The number of hydrogen-bond donors (Lipinski definition) is 2. The molecule has 2 aliphatic heterocycles. The fourth-order valence-electron chi connectivity index (χ4n) is 3.70. The molecule has 2 N–H and O–H groups in total. The predicted molar refractivity (Wildman–Crippen MR) is 89.3 cm³/mol. The number of aromatic nitrogens is 1. The Morgan fingerprint density at radius 3 is 3.04 bits per heavy atom. The summed E-state index contributed by atoms with van der Waals surface area (Å²) < 4.78 is 12.8. The Balaban J connectivity index is 1.41. The number of carbonyl (C=O) groups is 1. The van der Waals surface area contributed by atoms with E-state index < -0.39 is 0 Å². The van der Waals surface area contributed by atoms with Crippen molar-refractivity contribution in [2.45, 2.75) is 18.9 Å². The van der Waals surface area contributed by atoms with E-state index in [2.05, 4.69) is 35.3 Å². The number of aryl methyl sites for hydroxylation is 1. The second-order valence-electron chi connectivity index (χ2n) is 6.44. The number of carbonyl (C=O) groups excluding carboxylic acids is 1. The Morgan fingerprint density at radius 1 is 1.33 bits per heavy atom. The van der Waals surface area contributed by atoms with Crippen LogP contribution in [0.3, 0.4) is 0 Å². The summed E-state index contributed by atoms with van der Waals surface area (Å²) in [6.45, 7) is 1.75. The minimum absolute atomic E-state index is 0.0324. The van der Waals surface area contributed by atoms with Crippen molar-refractivity contribution >= 4 is 11.6 Å². The number of quaternary nitrogens is 1. The number of rotatable bonds is 4. The lowest BCUT2D eigenvalue weighted by molar-refractivity contribution is -0.910. The second-order valence-corrected chi connectivity index (χ2v) is 6.44. The molecule has 6 nitrogen and oxygen atoms in total. The summed E-state index contributed by atoms with van der Waals surface area (Å²) in [5.41, 5.74) is 2.05. The van der Waals surface area contributed by atoms with Crippen molar-refractivity contribution in [3.63, 3.8) is 0 Å². The highest BCUT2D eigenvalue weighted by atomic mass is 16.7. The Labute approximate surface area is 141 Å². The third-order valence-electron chi connectivity index (χ3n) is 4.87. The molecule has 2 aliphatic rings. The van der Waals surface area contributed by atoms with Crippen LogP contribution in [0.15, 0.2) is 36.5 Å². The fraction of sp³-hybridized carbons (Fsp3) is 0.389. The third-order valence-corrected chi connectivity index (χ3v) is 4.87. The first kappa shape index (κ1) is 15.1. The molecule has 1 aromatic carbocycles. The smallest absolute Gasteiger partial charge is 0.279 e. The summed E-state index contributed by atoms with van der Waals surface area (Å²) in [6.07, 6.45) is 4.35. The molecule has 4 rings (SSSR count). The van der Waals surface area contributed by atoms with Gasteiger partial charge >= 0.3 is 0 Å². The van der Waals surface area contributed by atoms with Gasteiger partial charge in [-0.05, 0) is 24.3 Å². The molecular weight excluding hydrogens is 306 g/mol. The molecule has 1 unspecified atom stereocenters. The minimum atomic E-state index is 0.0324. The van der Waals surface area contributed by atoms with Crippen LogP contribution < -0.4 is 19.7 Å². The molecule has 1 saturated heterocycles. The predicted octanol–water partition coefficient (Wildman–Crippen LogP) is 1.11. The van der Waals surface area contributed by atoms with E-state index in [0.29, 0.717) is 18.3 Å². The quantitative estimate of drug-likeness (QED) is 0.884. The van der Waals surface area contributed by atoms with Crippen LogP contribution in [0.5, 0.6) is 11.5 Å². The molecule has 2 aromatic rings. The number of nitrogens with zero attached hydrogens (tertiary/aromatic N) is 1. The molecule has 1 aromatic heterocycles. The number of anilines is 1. The largest absolute Gasteiger partial charge is 0.454 e. The van der Waals surface area contributed by atoms with Gasteiger partial charge in [-0.25, -0.2) is 0 Å². The van der Waals surface area contributed by atoms with E-state index in [4.69, 9.17) is 9.47 Å². The maximum Gasteiger partial charge on any atom is 0.279 e. The second kappa shape index (κ2) is 6.20. The van der Waals surface area contributed by atoms with Crippen LogP contribution >= 0.6 is 0 Å². The molecule has 6 heteroatoms. The van der Waals surface area contributed by atoms with Crippen LogP contribution in [0, 0.1) is 0 Å². The molecule has 0 saturated carbocycles. The molecule has 3 heterocycles. The van der Waals surface area contributed by atoms with Gasteiger partial charge in [-0.2, -0.15) is 0 Å². The third kappa shape index (κ3) is 2.85. The van der Waals surface area contributed by atoms with Gasteiger partial charge in [0.25, 0.3) is 5.91 Å². The monoisotopic (exact) mass is 328 g/mol. The van der Waals surface area contributed by atoms with Gasteiger partial charge in [0.2, 0.25) is 6.79 Å². The van der Waals surface area contributed by atoms with Crippen molar-refractivity contribution in [1.82, 2.24) is 4.57 Å². The summed E-state index contributed by atoms with van der Waals surface area (Å²) >= 11 is 0. The van der Waals surface area contributed by atoms with Crippen LogP contribution in [0.25, 0.3) is 0 Å². The van der Waals surface area contributed by atoms with E-state index >= 15 is 0 Å². The van der Waals surface area contributed by atoms with Gasteiger partial charge in [-0.15, -0.1) is 0 Å². The average molecular weight is 328 g/mol. The number of amides is 1. The van der Waals surface area contributed by atoms with Gasteiger partial charge in [0, 0.05) is 37.8 Å². The first-order valence-electron chi connectivity index (χ1n) is 8.36. The molecular formula is C18H22N3O3+. The molecule has 0 bridgehead atoms. The summed E-state index contributed by atoms with van der Waals surface area (Å²) in [6, 6.07) is 10.1. The minimum Gasteiger partial charge on any atom is -0.454 e. The lowest BCUT2D eigenvalue weighted by Crippen LogP contribution is -3.11. The van der Waals surface area contributed by atoms with Crippen molar-refractivity contribution in [3.05, 3.63) is 42.2 Å². The summed E-state index contributed by atoms with van der Waals surface area (Å²) in [4.78, 5) is 13.8. The number of benzene rings is 1. The normalized spacial score (nSPS) is 21.9. The van der Waals surface area contributed by atoms with Crippen LogP contribution in [0.1, 0.15) is 24.6 Å². The molecule has 1 fully saturated rings. The van der Waals surface area contributed by atoms with E-state index in [9.17, 15) is 4.79 Å². The molecule has 0 aliphatic carbocycles. The summed E-state index contributed by atoms with van der Waals surface area (Å²) in [5.74, 6) is 1.44. The van der Waals surface area contributed by atoms with E-state index in [1.807, 2.05) is 18.2 Å². The topological polar surface area (TPSA) is 56.9 Å². The fourth-order valence-corrected chi connectivity index (χ4v) is 3.70. The van der Waals surface area contributed by atoms with Gasteiger partial charge in [-0.3, -0.25) is 4.79 Å². The Kier molecular flexibility index (Phi) is 3.90. The molecule has 2 atom stereocenters. The van der Waals surface area contributed by atoms with Crippen molar-refractivity contribution in [2.75, 3.05) is 25.2 Å². The maximum atomic E-state index is 12.5. The highest BCUT2D eigenvalue weighted by Gasteiger charge is 2.33. The van der Waals surface area contributed by atoms with Crippen LogP contribution in [0.2, 0.25) is 0 Å². The first-order valence-corrected chi connectivity index (χ1v) is 8.36. The number of likely N-dealkylation sites (tertiary alicyclic amines) is 1. The van der Waals surface area contributed by atoms with E-state index in [0.717, 1.165) is 30.8 Å². The molecule has 126 valence electrons. The molecule has 0 spiro atoms. The van der Waals surface area contributed by atoms with E-state index in [1.54, 1.807) is 0 Å². The van der Waals surface area contributed by atoms with Gasteiger partial charge in [0.1, 0.15) is 6.04 Å². The first-order chi connectivity index (χ1) is 11.7. The van der Waals surface area contributed by atoms with Crippen molar-refractivity contribution in [2.24, 2.45) is 7.05 Å². The average Bonchev–Trinajstić information content (AvgIpc) is 3.27. The Morgan fingerprint density at radius 2 is 2.21 bits per heavy atom. The van der Waals surface area contributed by atoms with Crippen LogP contribution in [-0.4, -0.2) is 30.4 Å². The van der Waals surface area contributed by atoms with Gasteiger partial charge in [0.05, 0.1) is 12.2 Å². The number of nitrogens with one attached hydrogen (secondary N) is 2. The number of hydrogen-bond acceptors (Lipinski definition) is 3. The van der Waals surface area contributed by atoms with E-state index in [1.165, 1.54) is 10.6 Å². The number of fused-ring (bicyclic) bond motifs is 1. The lowest BCUT2D eigenvalue weighted by atomic mass is 10.1. The standard InChI is InChI=1S/C18H21N3O3/c1-20-8-2-4-14(20)15-5-3-9-21(15)11-18(22)19-13-6-7-16-17(10-13)24-12-23-16/h2,4,6-8,10,15H,3,5,9,11-12H2,1H3,(H,19,22)/p+1/t15-/m1/s1. The van der Waals surface area contributed by atoms with Gasteiger partial charge in [-0.1, -0.05) is 0 Å². The summed E-state index contributed by atoms with van der Waals surface area (Å²) in [5, 5.41) is 2.98. The molecule has 1 amide bonds. The SMILES string of the molecule is Cn1cccc1[C@H]1CCC[NH+]1CC(=O)Nc1ccc2c(c1)OCO2. The highest BCUT2D eigenvalue weighted by Crippen LogP contribution is 2.34. The van der Waals surface area contributed by atoms with Crippen molar-refractivity contribution < 1.29 is 19.2 Å². The van der Waals surface area contributed by atoms with Crippen molar-refractivity contribution in [3.8, 4) is 11.5 Å². The van der Waals surface area contributed by atoms with E-state index in [-0.39, 0.29) is 12.7 Å². The molecule has 0 radical (unpaired) electrons. The zero-order valence-electron chi connectivity index (χ0n) is 13.7. The van der Waals surface area contributed by atoms with Gasteiger partial charge < -0.3 is 24.3 Å². The zero-order chi connectivity index (χ0) is 16.5. The summed E-state index contributed by atoms with van der Waals surface area (Å²) in [7, 11) is 2.07. The molecule has 24 heavy (non-hydrogen) atoms.